The van der Waals surface area contributed by atoms with Crippen molar-refractivity contribution in [1.29, 1.82) is 0 Å². The van der Waals surface area contributed by atoms with Crippen molar-refractivity contribution in [1.82, 2.24) is 10.2 Å². The standard InChI is InChI=1S/C23H24ClN3O/c1-23(2,3)16-12-10-15(11-13-16)20-21(19(26-27-20)14-8-9-14)25-22(28)17-6-4-5-7-18(17)24/h4-7,10-14H,8-9H2,1-3H3,(H,25,28)(H,26,27). The Morgan fingerprint density at radius 2 is 1.79 bits per heavy atom. The number of nitrogens with zero attached hydrogens (tertiary/aromatic N) is 1. The average molecular weight is 394 g/mol. The predicted molar refractivity (Wildman–Crippen MR) is 114 cm³/mol. The molecule has 1 aliphatic carbocycles. The highest BCUT2D eigenvalue weighted by Gasteiger charge is 2.31. The van der Waals surface area contributed by atoms with Crippen LogP contribution in [0.1, 0.15) is 61.1 Å². The third-order valence-corrected chi connectivity index (χ3v) is 5.49. The summed E-state index contributed by atoms with van der Waals surface area (Å²) in [5.41, 5.74) is 5.31. The lowest BCUT2D eigenvalue weighted by molar-refractivity contribution is 0.102. The molecule has 28 heavy (non-hydrogen) atoms. The van der Waals surface area contributed by atoms with E-state index in [1.807, 2.05) is 12.1 Å². The Balaban J connectivity index is 1.70. The summed E-state index contributed by atoms with van der Waals surface area (Å²) in [5, 5.41) is 11.2. The lowest BCUT2D eigenvalue weighted by Crippen LogP contribution is -2.14. The van der Waals surface area contributed by atoms with Crippen LogP contribution >= 0.6 is 11.6 Å². The average Bonchev–Trinajstić information content (AvgIpc) is 3.42. The molecule has 0 atom stereocenters. The van der Waals surface area contributed by atoms with Gasteiger partial charge in [-0.15, -0.1) is 0 Å². The van der Waals surface area contributed by atoms with Gasteiger partial charge >= 0.3 is 0 Å². The van der Waals surface area contributed by atoms with Crippen LogP contribution in [-0.2, 0) is 5.41 Å². The Morgan fingerprint density at radius 3 is 2.39 bits per heavy atom. The van der Waals surface area contributed by atoms with Gasteiger partial charge in [0, 0.05) is 11.5 Å². The number of rotatable bonds is 4. The number of hydrogen-bond acceptors (Lipinski definition) is 2. The SMILES string of the molecule is CC(C)(C)c1ccc(-c2n[nH]c(C3CC3)c2NC(=O)c2ccccc2Cl)cc1. The molecule has 0 unspecified atom stereocenters. The molecule has 4 nitrogen and oxygen atoms in total. The first-order valence-corrected chi connectivity index (χ1v) is 9.97. The van der Waals surface area contributed by atoms with Crippen molar-refractivity contribution in [3.05, 3.63) is 70.4 Å². The smallest absolute Gasteiger partial charge is 0.257 e. The molecule has 0 saturated heterocycles. The third-order valence-electron chi connectivity index (χ3n) is 5.16. The maximum absolute atomic E-state index is 12.9. The van der Waals surface area contributed by atoms with Crippen molar-refractivity contribution in [2.24, 2.45) is 0 Å². The van der Waals surface area contributed by atoms with E-state index in [4.69, 9.17) is 11.6 Å². The Kier molecular flexibility index (Phi) is 4.76. The zero-order chi connectivity index (χ0) is 19.9. The topological polar surface area (TPSA) is 57.8 Å². The molecule has 1 aliphatic rings. The van der Waals surface area contributed by atoms with E-state index in [0.717, 1.165) is 35.5 Å². The molecule has 3 aromatic rings. The molecule has 0 bridgehead atoms. The number of amides is 1. The van der Waals surface area contributed by atoms with Crippen LogP contribution in [0.2, 0.25) is 5.02 Å². The maximum Gasteiger partial charge on any atom is 0.257 e. The van der Waals surface area contributed by atoms with Gasteiger partial charge in [-0.3, -0.25) is 9.89 Å². The minimum absolute atomic E-state index is 0.0877. The highest BCUT2D eigenvalue weighted by Crippen LogP contribution is 2.45. The van der Waals surface area contributed by atoms with Gasteiger partial charge in [0.05, 0.1) is 22.0 Å². The molecule has 1 saturated carbocycles. The van der Waals surface area contributed by atoms with Crippen LogP contribution in [0.4, 0.5) is 5.69 Å². The molecule has 0 aliphatic heterocycles. The monoisotopic (exact) mass is 393 g/mol. The van der Waals surface area contributed by atoms with E-state index in [-0.39, 0.29) is 11.3 Å². The normalized spacial score (nSPS) is 14.1. The first-order valence-electron chi connectivity index (χ1n) is 9.59. The van der Waals surface area contributed by atoms with Gasteiger partial charge in [0.15, 0.2) is 0 Å². The molecule has 5 heteroatoms. The lowest BCUT2D eigenvalue weighted by atomic mass is 9.86. The number of anilines is 1. The summed E-state index contributed by atoms with van der Waals surface area (Å²) >= 11 is 6.21. The fraction of sp³-hybridized carbons (Fsp3) is 0.304. The predicted octanol–water partition coefficient (Wildman–Crippen LogP) is 6.16. The van der Waals surface area contributed by atoms with E-state index in [1.165, 1.54) is 5.56 Å². The molecule has 0 spiro atoms. The van der Waals surface area contributed by atoms with E-state index in [2.05, 4.69) is 60.6 Å². The van der Waals surface area contributed by atoms with Gasteiger partial charge in [-0.1, -0.05) is 68.8 Å². The summed E-state index contributed by atoms with van der Waals surface area (Å²) in [4.78, 5) is 12.9. The van der Waals surface area contributed by atoms with Gasteiger partial charge in [-0.05, 0) is 36.0 Å². The second-order valence-electron chi connectivity index (χ2n) is 8.40. The molecule has 144 valence electrons. The summed E-state index contributed by atoms with van der Waals surface area (Å²) in [6.07, 6.45) is 2.22. The van der Waals surface area contributed by atoms with Crippen LogP contribution < -0.4 is 5.32 Å². The number of nitrogens with one attached hydrogen (secondary N) is 2. The van der Waals surface area contributed by atoms with Crippen LogP contribution in [0.15, 0.2) is 48.5 Å². The molecule has 0 radical (unpaired) electrons. The molecule has 1 fully saturated rings. The minimum atomic E-state index is -0.221. The molecule has 4 rings (SSSR count). The number of aromatic amines is 1. The summed E-state index contributed by atoms with van der Waals surface area (Å²) in [6, 6.07) is 15.5. The quantitative estimate of drug-likeness (QED) is 0.557. The number of H-pyrrole nitrogens is 1. The Morgan fingerprint density at radius 1 is 1.11 bits per heavy atom. The van der Waals surface area contributed by atoms with Crippen LogP contribution in [0.5, 0.6) is 0 Å². The van der Waals surface area contributed by atoms with Gasteiger partial charge in [0.25, 0.3) is 5.91 Å². The first kappa shape index (κ1) is 18.8. The largest absolute Gasteiger partial charge is 0.318 e. The van der Waals surface area contributed by atoms with Crippen LogP contribution in [0.3, 0.4) is 0 Å². The molecular weight excluding hydrogens is 370 g/mol. The van der Waals surface area contributed by atoms with Crippen LogP contribution in [-0.4, -0.2) is 16.1 Å². The van der Waals surface area contributed by atoms with Gasteiger partial charge in [-0.2, -0.15) is 5.10 Å². The summed E-state index contributed by atoms with van der Waals surface area (Å²) in [5.74, 6) is 0.207. The van der Waals surface area contributed by atoms with Gasteiger partial charge in [0.1, 0.15) is 5.69 Å². The van der Waals surface area contributed by atoms with E-state index in [9.17, 15) is 4.79 Å². The second-order valence-corrected chi connectivity index (χ2v) is 8.80. The van der Waals surface area contributed by atoms with Crippen molar-refractivity contribution in [3.63, 3.8) is 0 Å². The molecule has 1 heterocycles. The summed E-state index contributed by atoms with van der Waals surface area (Å²) in [7, 11) is 0. The fourth-order valence-corrected chi connectivity index (χ4v) is 3.53. The Labute approximate surface area is 170 Å². The number of aromatic nitrogens is 2. The van der Waals surface area contributed by atoms with Crippen molar-refractivity contribution in [2.45, 2.75) is 44.9 Å². The lowest BCUT2D eigenvalue weighted by Gasteiger charge is -2.19. The summed E-state index contributed by atoms with van der Waals surface area (Å²) in [6.45, 7) is 6.57. The second kappa shape index (κ2) is 7.10. The van der Waals surface area contributed by atoms with Gasteiger partial charge in [0.2, 0.25) is 0 Å². The number of carbonyl (C=O) groups is 1. The maximum atomic E-state index is 12.9. The Bertz CT molecular complexity index is 1010. The number of carbonyl (C=O) groups excluding carboxylic acids is 1. The van der Waals surface area contributed by atoms with Crippen molar-refractivity contribution in [2.75, 3.05) is 5.32 Å². The number of hydrogen-bond donors (Lipinski definition) is 2. The number of benzene rings is 2. The van der Waals surface area contributed by atoms with Crippen molar-refractivity contribution in [3.8, 4) is 11.3 Å². The fourth-order valence-electron chi connectivity index (χ4n) is 3.31. The molecule has 1 amide bonds. The van der Waals surface area contributed by atoms with E-state index in [1.54, 1.807) is 12.1 Å². The van der Waals surface area contributed by atoms with E-state index < -0.39 is 0 Å². The van der Waals surface area contributed by atoms with Gasteiger partial charge < -0.3 is 5.32 Å². The van der Waals surface area contributed by atoms with E-state index >= 15 is 0 Å². The van der Waals surface area contributed by atoms with Gasteiger partial charge in [-0.25, -0.2) is 0 Å². The molecule has 2 N–H and O–H groups in total. The molecule has 1 aromatic heterocycles. The highest BCUT2D eigenvalue weighted by molar-refractivity contribution is 6.34. The summed E-state index contributed by atoms with van der Waals surface area (Å²) < 4.78 is 0. The Hall–Kier alpha value is -2.59. The number of halogens is 1. The van der Waals surface area contributed by atoms with Crippen molar-refractivity contribution >= 4 is 23.2 Å². The molecular formula is C23H24ClN3O. The zero-order valence-corrected chi connectivity index (χ0v) is 17.1. The first-order chi connectivity index (χ1) is 13.3. The van der Waals surface area contributed by atoms with E-state index in [0.29, 0.717) is 16.5 Å². The minimum Gasteiger partial charge on any atom is -0.318 e. The van der Waals surface area contributed by atoms with Crippen LogP contribution in [0.25, 0.3) is 11.3 Å². The third kappa shape index (κ3) is 3.69. The highest BCUT2D eigenvalue weighted by atomic mass is 35.5. The van der Waals surface area contributed by atoms with Crippen molar-refractivity contribution < 1.29 is 4.79 Å². The zero-order valence-electron chi connectivity index (χ0n) is 16.3. The molecule has 2 aromatic carbocycles. The van der Waals surface area contributed by atoms with Crippen LogP contribution in [0, 0.1) is 0 Å².